The number of methoxy groups -OCH3 is 1. The molecule has 0 aliphatic rings. The van der Waals surface area contributed by atoms with Gasteiger partial charge in [0.25, 0.3) is 10.0 Å². The van der Waals surface area contributed by atoms with Gasteiger partial charge < -0.3 is 4.74 Å². The maximum Gasteiger partial charge on any atom is 0.337 e. The lowest BCUT2D eigenvalue weighted by Crippen LogP contribution is -2.38. The molecule has 0 saturated carbocycles. The number of sulfonamides is 1. The van der Waals surface area contributed by atoms with Crippen molar-refractivity contribution in [1.82, 2.24) is 9.29 Å². The Morgan fingerprint density at radius 1 is 1.07 bits per heavy atom. The van der Waals surface area contributed by atoms with Gasteiger partial charge in [-0.1, -0.05) is 22.9 Å². The van der Waals surface area contributed by atoms with Gasteiger partial charge in [-0.25, -0.2) is 27.3 Å². The average molecular weight is 447 g/mol. The van der Waals surface area contributed by atoms with Crippen LogP contribution in [-0.4, -0.2) is 65.0 Å². The van der Waals surface area contributed by atoms with Crippen molar-refractivity contribution in [1.29, 1.82) is 0 Å². The van der Waals surface area contributed by atoms with E-state index in [1.165, 1.54) is 50.2 Å². The van der Waals surface area contributed by atoms with Crippen LogP contribution in [0.15, 0.2) is 28.5 Å². The van der Waals surface area contributed by atoms with Crippen molar-refractivity contribution >= 4 is 55.8 Å². The van der Waals surface area contributed by atoms with Gasteiger partial charge in [0.2, 0.25) is 0 Å². The van der Waals surface area contributed by atoms with Gasteiger partial charge in [-0.3, -0.25) is 9.80 Å². The van der Waals surface area contributed by atoms with Crippen LogP contribution in [0.3, 0.4) is 0 Å². The van der Waals surface area contributed by atoms with Crippen molar-refractivity contribution in [3.05, 3.63) is 35.0 Å². The lowest BCUT2D eigenvalue weighted by molar-refractivity contribution is 0.0600. The Labute approximate surface area is 172 Å². The van der Waals surface area contributed by atoms with Crippen LogP contribution < -0.4 is 9.80 Å². The molecule has 2 aromatic rings. The third-order valence-electron chi connectivity index (χ3n) is 3.80. The monoisotopic (exact) mass is 446 g/mol. The summed E-state index contributed by atoms with van der Waals surface area (Å²) in [6, 6.07) is 5.79. The smallest absolute Gasteiger partial charge is 0.337 e. The number of urea groups is 1. The van der Waals surface area contributed by atoms with E-state index in [2.05, 4.69) is 9.72 Å². The number of carbonyl (C=O) groups is 2. The van der Waals surface area contributed by atoms with Gasteiger partial charge >= 0.3 is 12.0 Å². The number of nitrogens with zero attached hydrogens (tertiary/aromatic N) is 4. The quantitative estimate of drug-likeness (QED) is 0.654. The molecule has 1 aromatic carbocycles. The largest absolute Gasteiger partial charge is 0.465 e. The Morgan fingerprint density at radius 3 is 2.14 bits per heavy atom. The molecule has 1 heterocycles. The topological polar surface area (TPSA) is 100 Å². The van der Waals surface area contributed by atoms with E-state index in [1.807, 2.05) is 0 Å². The zero-order valence-electron chi connectivity index (χ0n) is 15.8. The lowest BCUT2D eigenvalue weighted by Gasteiger charge is -2.23. The van der Waals surface area contributed by atoms with Gasteiger partial charge in [0.15, 0.2) is 14.5 Å². The number of esters is 1. The molecule has 0 atom stereocenters. The molecule has 12 heteroatoms. The summed E-state index contributed by atoms with van der Waals surface area (Å²) < 4.78 is 30.1. The van der Waals surface area contributed by atoms with Gasteiger partial charge in [-0.15, -0.1) is 0 Å². The van der Waals surface area contributed by atoms with Crippen LogP contribution in [0.2, 0.25) is 5.15 Å². The molecular formula is C16H19ClN4O5S2. The average Bonchev–Trinajstić information content (AvgIpc) is 3.08. The summed E-state index contributed by atoms with van der Waals surface area (Å²) in [6.07, 6.45) is 0. The number of carbonyl (C=O) groups excluding carboxylic acids is 2. The van der Waals surface area contributed by atoms with E-state index in [-0.39, 0.29) is 14.5 Å². The highest BCUT2D eigenvalue weighted by molar-refractivity contribution is 7.91. The van der Waals surface area contributed by atoms with E-state index >= 15 is 0 Å². The Kier molecular flexibility index (Phi) is 6.65. The van der Waals surface area contributed by atoms with Crippen LogP contribution in [-0.2, 0) is 14.8 Å². The van der Waals surface area contributed by atoms with Crippen LogP contribution in [0.4, 0.5) is 15.6 Å². The van der Waals surface area contributed by atoms with Crippen LogP contribution in [0, 0.1) is 0 Å². The maximum atomic E-state index is 12.7. The fraction of sp³-hybridized carbons (Fsp3) is 0.312. The first-order valence-electron chi connectivity index (χ1n) is 7.79. The summed E-state index contributed by atoms with van der Waals surface area (Å²) in [5.41, 5.74) is 0.874. The van der Waals surface area contributed by atoms with E-state index in [1.54, 1.807) is 19.2 Å². The molecule has 2 amide bonds. The third kappa shape index (κ3) is 4.27. The highest BCUT2D eigenvalue weighted by Crippen LogP contribution is 2.34. The van der Waals surface area contributed by atoms with E-state index in [4.69, 9.17) is 11.6 Å². The first-order valence-corrected chi connectivity index (χ1v) is 10.4. The maximum absolute atomic E-state index is 12.7. The molecule has 0 bridgehead atoms. The first kappa shape index (κ1) is 22.1. The van der Waals surface area contributed by atoms with Crippen molar-refractivity contribution in [3.63, 3.8) is 0 Å². The van der Waals surface area contributed by atoms with Gasteiger partial charge in [-0.05, 0) is 24.3 Å². The molecular weight excluding hydrogens is 428 g/mol. The third-order valence-corrected chi connectivity index (χ3v) is 7.73. The summed E-state index contributed by atoms with van der Waals surface area (Å²) in [7, 11) is 3.27. The number of thiazole rings is 1. The molecule has 28 heavy (non-hydrogen) atoms. The van der Waals surface area contributed by atoms with Gasteiger partial charge in [0.05, 0.1) is 12.7 Å². The second-order valence-corrected chi connectivity index (χ2v) is 9.48. The van der Waals surface area contributed by atoms with Crippen molar-refractivity contribution in [2.75, 3.05) is 45.1 Å². The molecule has 0 aliphatic heterocycles. The first-order chi connectivity index (χ1) is 13.0. The van der Waals surface area contributed by atoms with Crippen LogP contribution in [0.5, 0.6) is 0 Å². The van der Waals surface area contributed by atoms with Crippen LogP contribution >= 0.6 is 22.9 Å². The number of anilines is 2. The van der Waals surface area contributed by atoms with E-state index in [9.17, 15) is 18.0 Å². The Hall–Kier alpha value is -2.21. The SMILES string of the molecule is COC(=O)c1ccc(N(C)C(=O)N(C)c2nc(Cl)c(S(=O)(=O)N(C)C)s2)cc1. The molecule has 0 fully saturated rings. The molecule has 0 N–H and O–H groups in total. The van der Waals surface area contributed by atoms with Gasteiger partial charge in [0.1, 0.15) is 0 Å². The standard InChI is InChI=1S/C16H19ClN4O5S2/c1-19(2)28(24,25)14-12(17)18-15(27-14)21(4)16(23)20(3)11-8-6-10(7-9-11)13(22)26-5/h6-9H,1-5H3. The zero-order chi connectivity index (χ0) is 21.2. The minimum absolute atomic E-state index is 0.133. The summed E-state index contributed by atoms with van der Waals surface area (Å²) in [5.74, 6) is -0.482. The second kappa shape index (κ2) is 8.43. The number of hydrogen-bond donors (Lipinski definition) is 0. The molecule has 0 spiro atoms. The fourth-order valence-electron chi connectivity index (χ4n) is 2.10. The van der Waals surface area contributed by atoms with Crippen molar-refractivity contribution in [2.24, 2.45) is 0 Å². The summed E-state index contributed by atoms with van der Waals surface area (Å²) in [5, 5.41) is -0.0631. The number of hydrogen-bond acceptors (Lipinski definition) is 7. The van der Waals surface area contributed by atoms with Crippen molar-refractivity contribution in [2.45, 2.75) is 4.21 Å². The summed E-state index contributed by atoms with van der Waals surface area (Å²) in [4.78, 5) is 30.8. The predicted molar refractivity (Wildman–Crippen MR) is 108 cm³/mol. The number of amides is 2. The van der Waals surface area contributed by atoms with Crippen LogP contribution in [0.25, 0.3) is 0 Å². The normalized spacial score (nSPS) is 11.4. The number of halogens is 1. The summed E-state index contributed by atoms with van der Waals surface area (Å²) >= 11 is 6.78. The van der Waals surface area contributed by atoms with E-state index in [0.29, 0.717) is 11.3 Å². The second-order valence-electron chi connectivity index (χ2n) is 5.80. The Balaban J connectivity index is 2.26. The van der Waals surface area contributed by atoms with Crippen LogP contribution in [0.1, 0.15) is 10.4 Å². The number of ether oxygens (including phenoxy) is 1. The Bertz CT molecular complexity index is 989. The predicted octanol–water partition coefficient (Wildman–Crippen LogP) is 2.53. The minimum Gasteiger partial charge on any atom is -0.465 e. The fourth-order valence-corrected chi connectivity index (χ4v) is 4.97. The number of benzene rings is 1. The number of rotatable bonds is 5. The molecule has 0 aliphatic carbocycles. The molecule has 9 nitrogen and oxygen atoms in total. The van der Waals surface area contributed by atoms with Gasteiger partial charge in [-0.2, -0.15) is 0 Å². The molecule has 0 unspecified atom stereocenters. The van der Waals surface area contributed by atoms with E-state index in [0.717, 1.165) is 15.6 Å². The molecule has 152 valence electrons. The number of aromatic nitrogens is 1. The highest BCUT2D eigenvalue weighted by Gasteiger charge is 2.28. The minimum atomic E-state index is -3.77. The van der Waals surface area contributed by atoms with Gasteiger partial charge in [0, 0.05) is 33.9 Å². The van der Waals surface area contributed by atoms with Crippen molar-refractivity contribution in [3.8, 4) is 0 Å². The molecule has 2 rings (SSSR count). The molecule has 0 saturated heterocycles. The van der Waals surface area contributed by atoms with Crippen molar-refractivity contribution < 1.29 is 22.7 Å². The molecule has 1 aromatic heterocycles. The Morgan fingerprint density at radius 2 is 1.64 bits per heavy atom. The van der Waals surface area contributed by atoms with E-state index < -0.39 is 22.0 Å². The summed E-state index contributed by atoms with van der Waals surface area (Å²) in [6.45, 7) is 0. The zero-order valence-corrected chi connectivity index (χ0v) is 18.2. The lowest BCUT2D eigenvalue weighted by atomic mass is 10.2. The highest BCUT2D eigenvalue weighted by atomic mass is 35.5. The molecule has 0 radical (unpaired) electrons.